The number of ether oxygens (including phenoxy) is 1. The van der Waals surface area contributed by atoms with Gasteiger partial charge < -0.3 is 0 Å². The van der Waals surface area contributed by atoms with Crippen LogP contribution in [0.1, 0.15) is 0 Å². The predicted octanol–water partition coefficient (Wildman–Crippen LogP) is 5.07. The molecule has 13 heteroatoms. The van der Waals surface area contributed by atoms with Gasteiger partial charge in [-0.1, -0.05) is 46.4 Å². The third kappa shape index (κ3) is 3.81. The lowest BCUT2D eigenvalue weighted by atomic mass is 10.3. The summed E-state index contributed by atoms with van der Waals surface area (Å²) >= 11 is 18.2. The summed E-state index contributed by atoms with van der Waals surface area (Å²) in [5.41, 5.74) is 0. The first kappa shape index (κ1) is 19.6. The van der Waals surface area contributed by atoms with Crippen molar-refractivity contribution in [1.82, 2.24) is 0 Å². The molecule has 0 heterocycles. The van der Waals surface area contributed by atoms with Gasteiger partial charge in [0.1, 0.15) is 0 Å². The summed E-state index contributed by atoms with van der Waals surface area (Å²) in [6.07, 6.45) is -12.3. The minimum Gasteiger partial charge on any atom is -0.289 e. The summed E-state index contributed by atoms with van der Waals surface area (Å²) in [4.78, 5) is -6.45. The molecule has 0 rings (SSSR count). The van der Waals surface area contributed by atoms with Crippen LogP contribution in [0.5, 0.6) is 0 Å². The lowest BCUT2D eigenvalue weighted by molar-refractivity contribution is -0.426. The molecule has 0 saturated heterocycles. The van der Waals surface area contributed by atoms with E-state index in [2.05, 4.69) is 51.1 Å². The fourth-order valence-corrected chi connectivity index (χ4v) is 1.34. The summed E-state index contributed by atoms with van der Waals surface area (Å²) in [5.74, 6) is -10.7. The van der Waals surface area contributed by atoms with Gasteiger partial charge in [0.2, 0.25) is 0 Å². The highest BCUT2D eigenvalue weighted by Crippen LogP contribution is 2.50. The molecule has 0 aliphatic heterocycles. The van der Waals surface area contributed by atoms with Gasteiger partial charge >= 0.3 is 24.1 Å². The standard InChI is InChI=1S/C6H2Cl4F8O/c7-1(8)3(11,5(13,14)15)19-4(12,2(9)10)6(16,17)18/h1-2H. The molecule has 19 heavy (non-hydrogen) atoms. The van der Waals surface area contributed by atoms with E-state index in [1.54, 1.807) is 0 Å². The lowest BCUT2D eigenvalue weighted by Gasteiger charge is -2.37. The molecule has 0 fully saturated rings. The quantitative estimate of drug-likeness (QED) is 0.486. The number of hydrogen-bond donors (Lipinski definition) is 0. The molecule has 0 aromatic heterocycles. The number of alkyl halides is 12. The first-order valence-corrected chi connectivity index (χ1v) is 5.62. The van der Waals surface area contributed by atoms with Crippen molar-refractivity contribution in [2.45, 2.75) is 33.7 Å². The average Bonchev–Trinajstić information content (AvgIpc) is 2.12. The molecule has 0 aliphatic rings. The molecule has 2 atom stereocenters. The Morgan fingerprint density at radius 3 is 0.895 bits per heavy atom. The van der Waals surface area contributed by atoms with Crippen LogP contribution in [0.25, 0.3) is 0 Å². The van der Waals surface area contributed by atoms with Crippen LogP contribution in [-0.4, -0.2) is 33.7 Å². The summed E-state index contributed by atoms with van der Waals surface area (Å²) in [6, 6.07) is 0. The molecule has 0 saturated carbocycles. The Balaban J connectivity index is 5.69. The van der Waals surface area contributed by atoms with E-state index < -0.39 is 33.7 Å². The first-order valence-electron chi connectivity index (χ1n) is 3.87. The monoisotopic (exact) mass is 382 g/mol. The van der Waals surface area contributed by atoms with Crippen LogP contribution in [0, 0.1) is 0 Å². The second-order valence-corrected chi connectivity index (χ2v) is 5.18. The lowest BCUT2D eigenvalue weighted by Crippen LogP contribution is -2.60. The molecule has 1 nitrogen and oxygen atoms in total. The summed E-state index contributed by atoms with van der Waals surface area (Å²) in [7, 11) is 0. The van der Waals surface area contributed by atoms with Crippen LogP contribution in [0.15, 0.2) is 0 Å². The average molecular weight is 384 g/mol. The number of halogens is 12. The Bertz CT molecular complexity index is 287. The van der Waals surface area contributed by atoms with Gasteiger partial charge in [0, 0.05) is 0 Å². The Morgan fingerprint density at radius 2 is 0.789 bits per heavy atom. The highest BCUT2D eigenvalue weighted by Gasteiger charge is 2.72. The highest BCUT2D eigenvalue weighted by molar-refractivity contribution is 6.45. The third-order valence-corrected chi connectivity index (χ3v) is 2.75. The van der Waals surface area contributed by atoms with E-state index in [1.807, 2.05) is 0 Å². The van der Waals surface area contributed by atoms with Crippen LogP contribution < -0.4 is 0 Å². The van der Waals surface area contributed by atoms with Crippen molar-refractivity contribution in [3.63, 3.8) is 0 Å². The van der Waals surface area contributed by atoms with Gasteiger partial charge in [-0.15, -0.1) is 0 Å². The highest BCUT2D eigenvalue weighted by atomic mass is 35.5. The summed E-state index contributed by atoms with van der Waals surface area (Å²) in [6.45, 7) is 0. The molecule has 0 aromatic rings. The van der Waals surface area contributed by atoms with E-state index in [4.69, 9.17) is 0 Å². The fraction of sp³-hybridized carbons (Fsp3) is 1.00. The Kier molecular flexibility index (Phi) is 5.92. The van der Waals surface area contributed by atoms with Gasteiger partial charge in [-0.3, -0.25) is 4.74 Å². The zero-order valence-electron chi connectivity index (χ0n) is 8.10. The molecule has 0 N–H and O–H groups in total. The maximum absolute atomic E-state index is 13.3. The number of rotatable bonds is 4. The van der Waals surface area contributed by atoms with E-state index >= 15 is 0 Å². The predicted molar refractivity (Wildman–Crippen MR) is 51.9 cm³/mol. The second kappa shape index (κ2) is 5.75. The van der Waals surface area contributed by atoms with Crippen molar-refractivity contribution in [1.29, 1.82) is 0 Å². The molecule has 0 spiro atoms. The van der Waals surface area contributed by atoms with Crippen LogP contribution in [0.4, 0.5) is 35.1 Å². The van der Waals surface area contributed by atoms with Crippen molar-refractivity contribution < 1.29 is 39.9 Å². The SMILES string of the molecule is FC(F)(F)C(F)(OC(F)(C(Cl)Cl)C(F)(F)F)C(Cl)Cl. The molecule has 2 unspecified atom stereocenters. The van der Waals surface area contributed by atoms with Gasteiger partial charge in [-0.05, 0) is 0 Å². The fourth-order valence-electron chi connectivity index (χ4n) is 0.668. The zero-order chi connectivity index (χ0) is 15.9. The van der Waals surface area contributed by atoms with Gasteiger partial charge in [0.05, 0.1) is 0 Å². The van der Waals surface area contributed by atoms with E-state index in [-0.39, 0.29) is 0 Å². The molecule has 0 bridgehead atoms. The van der Waals surface area contributed by atoms with Gasteiger partial charge in [0.15, 0.2) is 9.67 Å². The van der Waals surface area contributed by atoms with E-state index in [9.17, 15) is 35.1 Å². The molecule has 0 aromatic carbocycles. The third-order valence-electron chi connectivity index (χ3n) is 1.63. The van der Waals surface area contributed by atoms with E-state index in [0.717, 1.165) is 0 Å². The molecule has 116 valence electrons. The van der Waals surface area contributed by atoms with Gasteiger partial charge in [0.25, 0.3) is 0 Å². The zero-order valence-corrected chi connectivity index (χ0v) is 11.1. The van der Waals surface area contributed by atoms with Crippen molar-refractivity contribution in [2.24, 2.45) is 0 Å². The van der Waals surface area contributed by atoms with E-state index in [1.165, 1.54) is 0 Å². The molecular formula is C6H2Cl4F8O. The Hall–Kier alpha value is 0.560. The molecular weight excluding hydrogens is 382 g/mol. The minimum absolute atomic E-state index is 2.77. The first-order chi connectivity index (χ1) is 8.09. The van der Waals surface area contributed by atoms with Crippen molar-refractivity contribution >= 4 is 46.4 Å². The second-order valence-electron chi connectivity index (χ2n) is 2.99. The smallest absolute Gasteiger partial charge is 0.289 e. The normalized spacial score (nSPS) is 20.5. The van der Waals surface area contributed by atoms with E-state index in [0.29, 0.717) is 0 Å². The van der Waals surface area contributed by atoms with Crippen molar-refractivity contribution in [3.8, 4) is 0 Å². The number of hydrogen-bond acceptors (Lipinski definition) is 1. The van der Waals surface area contributed by atoms with Crippen LogP contribution >= 0.6 is 46.4 Å². The van der Waals surface area contributed by atoms with Crippen LogP contribution in [-0.2, 0) is 4.74 Å². The largest absolute Gasteiger partial charge is 0.451 e. The van der Waals surface area contributed by atoms with Crippen LogP contribution in [0.2, 0.25) is 0 Å². The van der Waals surface area contributed by atoms with Gasteiger partial charge in [-0.2, -0.15) is 35.1 Å². The molecule has 0 amide bonds. The Labute approximate surface area is 120 Å². The maximum atomic E-state index is 13.3. The van der Waals surface area contributed by atoms with Crippen molar-refractivity contribution in [2.75, 3.05) is 0 Å². The van der Waals surface area contributed by atoms with Gasteiger partial charge in [-0.25, -0.2) is 0 Å². The Morgan fingerprint density at radius 1 is 0.579 bits per heavy atom. The van der Waals surface area contributed by atoms with Crippen molar-refractivity contribution in [3.05, 3.63) is 0 Å². The molecule has 0 aliphatic carbocycles. The topological polar surface area (TPSA) is 9.23 Å². The summed E-state index contributed by atoms with van der Waals surface area (Å²) < 4.78 is 103. The van der Waals surface area contributed by atoms with Crippen LogP contribution in [0.3, 0.4) is 0 Å². The molecule has 0 radical (unpaired) electrons. The minimum atomic E-state index is -6.17. The summed E-state index contributed by atoms with van der Waals surface area (Å²) in [5, 5.41) is 0. The maximum Gasteiger partial charge on any atom is 0.451 e.